The van der Waals surface area contributed by atoms with E-state index in [2.05, 4.69) is 20.2 Å². The number of fused-ring (bicyclic) bond motifs is 1. The number of hydrogen-bond donors (Lipinski definition) is 2. The van der Waals surface area contributed by atoms with Crippen LogP contribution in [0.4, 0.5) is 5.82 Å². The smallest absolute Gasteiger partial charge is 0.338 e. The molecular weight excluding hydrogens is 318 g/mol. The molecule has 130 valence electrons. The lowest BCUT2D eigenvalue weighted by molar-refractivity contribution is 0.0526. The second-order valence-electron chi connectivity index (χ2n) is 6.78. The number of carbonyl (C=O) groups excluding carboxylic acids is 1. The first-order valence-electron chi connectivity index (χ1n) is 8.11. The van der Waals surface area contributed by atoms with Crippen LogP contribution in [0.15, 0.2) is 24.3 Å². The number of esters is 1. The molecular formula is C18H21N5O2. The number of aromatic amines is 1. The van der Waals surface area contributed by atoms with Crippen molar-refractivity contribution in [3.8, 4) is 11.3 Å². The van der Waals surface area contributed by atoms with Gasteiger partial charge in [-0.2, -0.15) is 5.10 Å². The van der Waals surface area contributed by atoms with Gasteiger partial charge in [-0.25, -0.2) is 14.8 Å². The van der Waals surface area contributed by atoms with Crippen molar-refractivity contribution >= 4 is 22.8 Å². The fraction of sp³-hybridized carbons (Fsp3) is 0.333. The van der Waals surface area contributed by atoms with Crippen LogP contribution in [0.1, 0.15) is 43.9 Å². The first kappa shape index (κ1) is 16.9. The lowest BCUT2D eigenvalue weighted by atomic mass is 9.95. The Morgan fingerprint density at radius 3 is 2.48 bits per heavy atom. The molecule has 1 aromatic carbocycles. The summed E-state index contributed by atoms with van der Waals surface area (Å²) in [5.74, 6) is 0.683. The van der Waals surface area contributed by atoms with Crippen LogP contribution in [0.3, 0.4) is 0 Å². The van der Waals surface area contributed by atoms with E-state index >= 15 is 0 Å². The van der Waals surface area contributed by atoms with Crippen molar-refractivity contribution in [1.82, 2.24) is 20.2 Å². The first-order valence-corrected chi connectivity index (χ1v) is 8.11. The van der Waals surface area contributed by atoms with E-state index < -0.39 is 0 Å². The fourth-order valence-corrected chi connectivity index (χ4v) is 2.48. The average molecular weight is 339 g/mol. The van der Waals surface area contributed by atoms with Crippen LogP contribution in [0.5, 0.6) is 0 Å². The molecule has 0 aliphatic carbocycles. The van der Waals surface area contributed by atoms with E-state index in [0.717, 1.165) is 11.3 Å². The second-order valence-corrected chi connectivity index (χ2v) is 6.78. The van der Waals surface area contributed by atoms with Crippen molar-refractivity contribution in [2.24, 2.45) is 0 Å². The Balaban J connectivity index is 2.04. The number of carbonyl (C=O) groups is 1. The number of nitrogen functional groups attached to an aromatic ring is 1. The minimum atomic E-state index is -0.346. The van der Waals surface area contributed by atoms with Crippen molar-refractivity contribution in [2.45, 2.75) is 33.1 Å². The number of rotatable bonds is 3. The number of H-pyrrole nitrogens is 1. The average Bonchev–Trinajstić information content (AvgIpc) is 2.99. The van der Waals surface area contributed by atoms with Crippen molar-refractivity contribution in [3.05, 3.63) is 35.7 Å². The molecule has 0 bridgehead atoms. The Morgan fingerprint density at radius 1 is 1.20 bits per heavy atom. The molecule has 0 atom stereocenters. The van der Waals surface area contributed by atoms with Gasteiger partial charge in [-0.3, -0.25) is 5.10 Å². The molecule has 0 aliphatic rings. The minimum absolute atomic E-state index is 0.220. The van der Waals surface area contributed by atoms with E-state index in [4.69, 9.17) is 10.5 Å². The molecule has 0 unspecified atom stereocenters. The summed E-state index contributed by atoms with van der Waals surface area (Å²) >= 11 is 0. The predicted molar refractivity (Wildman–Crippen MR) is 96.2 cm³/mol. The molecule has 7 heteroatoms. The van der Waals surface area contributed by atoms with Crippen LogP contribution < -0.4 is 5.73 Å². The molecule has 2 heterocycles. The van der Waals surface area contributed by atoms with Gasteiger partial charge in [-0.1, -0.05) is 32.9 Å². The van der Waals surface area contributed by atoms with Gasteiger partial charge in [0, 0.05) is 11.0 Å². The zero-order chi connectivity index (χ0) is 18.2. The summed E-state index contributed by atoms with van der Waals surface area (Å²) in [4.78, 5) is 20.7. The van der Waals surface area contributed by atoms with E-state index in [1.165, 1.54) is 0 Å². The Labute approximate surface area is 145 Å². The molecule has 2 aromatic heterocycles. The fourth-order valence-electron chi connectivity index (χ4n) is 2.48. The van der Waals surface area contributed by atoms with E-state index in [1.807, 2.05) is 32.9 Å². The molecule has 0 saturated carbocycles. The summed E-state index contributed by atoms with van der Waals surface area (Å²) in [5.41, 5.74) is 8.54. The normalized spacial score (nSPS) is 11.7. The third-order valence-corrected chi connectivity index (χ3v) is 3.80. The maximum Gasteiger partial charge on any atom is 0.338 e. The minimum Gasteiger partial charge on any atom is -0.462 e. The lowest BCUT2D eigenvalue weighted by Crippen LogP contribution is -2.17. The van der Waals surface area contributed by atoms with E-state index in [1.54, 1.807) is 19.1 Å². The number of nitrogens with two attached hydrogens (primary N) is 1. The molecule has 0 amide bonds. The standard InChI is InChI=1S/C18H21N5O2/c1-5-25-16(24)11-8-6-10(7-9-11)13-12-14(19)20-17(18(2,3)4)21-15(12)23-22-13/h6-9H,5H2,1-4H3,(H3,19,20,21,22,23). The van der Waals surface area contributed by atoms with Crippen LogP contribution in [0.25, 0.3) is 22.3 Å². The topological polar surface area (TPSA) is 107 Å². The van der Waals surface area contributed by atoms with Gasteiger partial charge in [-0.15, -0.1) is 0 Å². The molecule has 0 saturated heterocycles. The summed E-state index contributed by atoms with van der Waals surface area (Å²) in [6.45, 7) is 8.19. The predicted octanol–water partition coefficient (Wildman–Crippen LogP) is 3.08. The van der Waals surface area contributed by atoms with Crippen molar-refractivity contribution < 1.29 is 9.53 Å². The first-order chi connectivity index (χ1) is 11.8. The van der Waals surface area contributed by atoms with Gasteiger partial charge in [0.15, 0.2) is 5.65 Å². The monoisotopic (exact) mass is 339 g/mol. The number of nitrogens with zero attached hydrogens (tertiary/aromatic N) is 3. The van der Waals surface area contributed by atoms with Crippen molar-refractivity contribution in [1.29, 1.82) is 0 Å². The van der Waals surface area contributed by atoms with Crippen LogP contribution >= 0.6 is 0 Å². The lowest BCUT2D eigenvalue weighted by Gasteiger charge is -2.16. The number of hydrogen-bond acceptors (Lipinski definition) is 6. The molecule has 3 rings (SSSR count). The maximum atomic E-state index is 11.8. The van der Waals surface area contributed by atoms with Gasteiger partial charge in [-0.05, 0) is 19.1 Å². The van der Waals surface area contributed by atoms with Gasteiger partial charge in [0.25, 0.3) is 0 Å². The third kappa shape index (κ3) is 3.17. The summed E-state index contributed by atoms with van der Waals surface area (Å²) in [6.07, 6.45) is 0. The number of aromatic nitrogens is 4. The number of nitrogens with one attached hydrogen (secondary N) is 1. The summed E-state index contributed by atoms with van der Waals surface area (Å²) in [5, 5.41) is 7.92. The Hall–Kier alpha value is -2.96. The highest BCUT2D eigenvalue weighted by atomic mass is 16.5. The van der Waals surface area contributed by atoms with Gasteiger partial charge >= 0.3 is 5.97 Å². The summed E-state index contributed by atoms with van der Waals surface area (Å²) in [6, 6.07) is 7.05. The van der Waals surface area contributed by atoms with E-state index in [9.17, 15) is 4.79 Å². The van der Waals surface area contributed by atoms with E-state index in [0.29, 0.717) is 34.8 Å². The van der Waals surface area contributed by atoms with Crippen LogP contribution in [-0.4, -0.2) is 32.7 Å². The summed E-state index contributed by atoms with van der Waals surface area (Å²) < 4.78 is 4.99. The molecule has 3 N–H and O–H groups in total. The SMILES string of the molecule is CCOC(=O)c1ccc(-c2[nH]nc3nc(C(C)(C)C)nc(N)c23)cc1. The zero-order valence-corrected chi connectivity index (χ0v) is 14.8. The Morgan fingerprint density at radius 2 is 1.88 bits per heavy atom. The van der Waals surface area contributed by atoms with E-state index in [-0.39, 0.29) is 11.4 Å². The van der Waals surface area contributed by atoms with Crippen molar-refractivity contribution in [2.75, 3.05) is 12.3 Å². The molecule has 7 nitrogen and oxygen atoms in total. The molecule has 0 radical (unpaired) electrons. The highest BCUT2D eigenvalue weighted by Crippen LogP contribution is 2.31. The maximum absolute atomic E-state index is 11.8. The van der Waals surface area contributed by atoms with Crippen LogP contribution in [0.2, 0.25) is 0 Å². The third-order valence-electron chi connectivity index (χ3n) is 3.80. The number of benzene rings is 1. The Bertz CT molecular complexity index is 923. The molecule has 0 spiro atoms. The number of anilines is 1. The highest BCUT2D eigenvalue weighted by Gasteiger charge is 2.22. The van der Waals surface area contributed by atoms with Gasteiger partial charge < -0.3 is 10.5 Å². The number of ether oxygens (including phenoxy) is 1. The molecule has 25 heavy (non-hydrogen) atoms. The van der Waals surface area contributed by atoms with Crippen LogP contribution in [0, 0.1) is 0 Å². The van der Waals surface area contributed by atoms with Gasteiger partial charge in [0.2, 0.25) is 0 Å². The highest BCUT2D eigenvalue weighted by molar-refractivity contribution is 5.98. The molecule has 3 aromatic rings. The van der Waals surface area contributed by atoms with Crippen LogP contribution in [-0.2, 0) is 10.2 Å². The summed E-state index contributed by atoms with van der Waals surface area (Å²) in [7, 11) is 0. The Kier molecular flexibility index (Phi) is 4.16. The van der Waals surface area contributed by atoms with Gasteiger partial charge in [0.1, 0.15) is 11.6 Å². The van der Waals surface area contributed by atoms with Gasteiger partial charge in [0.05, 0.1) is 23.3 Å². The zero-order valence-electron chi connectivity index (χ0n) is 14.8. The second kappa shape index (κ2) is 6.16. The quantitative estimate of drug-likeness (QED) is 0.710. The molecule has 0 aliphatic heterocycles. The molecule has 0 fully saturated rings. The largest absolute Gasteiger partial charge is 0.462 e. The van der Waals surface area contributed by atoms with Crippen molar-refractivity contribution in [3.63, 3.8) is 0 Å².